The third-order valence-corrected chi connectivity index (χ3v) is 3.15. The summed E-state index contributed by atoms with van der Waals surface area (Å²) in [5.41, 5.74) is 0.819. The molecule has 19 heavy (non-hydrogen) atoms. The van der Waals surface area contributed by atoms with Crippen molar-refractivity contribution in [3.63, 3.8) is 0 Å². The molecule has 5 nitrogen and oxygen atoms in total. The van der Waals surface area contributed by atoms with Crippen LogP contribution in [0.15, 0.2) is 10.6 Å². The van der Waals surface area contributed by atoms with E-state index in [1.165, 1.54) is 0 Å². The van der Waals surface area contributed by atoms with Crippen LogP contribution in [0.4, 0.5) is 0 Å². The summed E-state index contributed by atoms with van der Waals surface area (Å²) < 4.78 is 5.07. The Labute approximate surface area is 115 Å². The van der Waals surface area contributed by atoms with Crippen molar-refractivity contribution >= 4 is 5.91 Å². The molecule has 0 radical (unpaired) electrons. The number of aromatic nitrogens is 1. The van der Waals surface area contributed by atoms with Gasteiger partial charge in [-0.25, -0.2) is 0 Å². The molecule has 0 N–H and O–H groups in total. The van der Waals surface area contributed by atoms with E-state index in [0.29, 0.717) is 12.2 Å². The first kappa shape index (κ1) is 15.7. The van der Waals surface area contributed by atoms with Crippen molar-refractivity contribution in [3.05, 3.63) is 17.5 Å². The van der Waals surface area contributed by atoms with Gasteiger partial charge in [0.2, 0.25) is 5.91 Å². The fraction of sp³-hybridized carbons (Fsp3) is 0.714. The van der Waals surface area contributed by atoms with Crippen LogP contribution in [0, 0.1) is 6.92 Å². The van der Waals surface area contributed by atoms with Crippen LogP contribution < -0.4 is 0 Å². The SMILES string of the molecule is CC.Cc1cc(CC(=O)N2CCN(C)CC2C)on1. The van der Waals surface area contributed by atoms with Gasteiger partial charge in [0.15, 0.2) is 0 Å². The number of aryl methyl sites for hydroxylation is 1. The Morgan fingerprint density at radius 2 is 2.16 bits per heavy atom. The van der Waals surface area contributed by atoms with Crippen molar-refractivity contribution in [1.29, 1.82) is 0 Å². The quantitative estimate of drug-likeness (QED) is 0.818. The van der Waals surface area contributed by atoms with Gasteiger partial charge in [-0.1, -0.05) is 19.0 Å². The van der Waals surface area contributed by atoms with Crippen LogP contribution in [0.5, 0.6) is 0 Å². The van der Waals surface area contributed by atoms with Crippen molar-refractivity contribution in [2.24, 2.45) is 0 Å². The van der Waals surface area contributed by atoms with Crippen molar-refractivity contribution in [3.8, 4) is 0 Å². The molecule has 2 rings (SSSR count). The molecule has 1 atom stereocenters. The van der Waals surface area contributed by atoms with Crippen molar-refractivity contribution in [2.75, 3.05) is 26.7 Å². The molecule has 5 heteroatoms. The van der Waals surface area contributed by atoms with Crippen molar-refractivity contribution in [1.82, 2.24) is 15.0 Å². The zero-order valence-corrected chi connectivity index (χ0v) is 12.6. The lowest BCUT2D eigenvalue weighted by molar-refractivity contribution is -0.134. The fourth-order valence-electron chi connectivity index (χ4n) is 2.26. The minimum Gasteiger partial charge on any atom is -0.361 e. The minimum absolute atomic E-state index is 0.127. The second kappa shape index (κ2) is 7.28. The van der Waals surface area contributed by atoms with Gasteiger partial charge in [0.25, 0.3) is 0 Å². The van der Waals surface area contributed by atoms with Gasteiger partial charge in [-0.2, -0.15) is 0 Å². The molecular formula is C14H25N3O2. The van der Waals surface area contributed by atoms with E-state index in [9.17, 15) is 4.79 Å². The first-order chi connectivity index (χ1) is 9.06. The van der Waals surface area contributed by atoms with Gasteiger partial charge in [-0.3, -0.25) is 4.79 Å². The summed E-state index contributed by atoms with van der Waals surface area (Å²) in [7, 11) is 2.08. The highest BCUT2D eigenvalue weighted by Crippen LogP contribution is 2.11. The summed E-state index contributed by atoms with van der Waals surface area (Å²) >= 11 is 0. The number of amides is 1. The Balaban J connectivity index is 0.000000861. The summed E-state index contributed by atoms with van der Waals surface area (Å²) in [4.78, 5) is 16.3. The van der Waals surface area contributed by atoms with Gasteiger partial charge in [0, 0.05) is 31.7 Å². The van der Waals surface area contributed by atoms with E-state index in [-0.39, 0.29) is 11.9 Å². The van der Waals surface area contributed by atoms with Crippen LogP contribution in [0.25, 0.3) is 0 Å². The Morgan fingerprint density at radius 1 is 1.47 bits per heavy atom. The average Bonchev–Trinajstić information content (AvgIpc) is 2.77. The maximum Gasteiger partial charge on any atom is 0.230 e. The number of carbonyl (C=O) groups excluding carboxylic acids is 1. The molecule has 0 spiro atoms. The summed E-state index contributed by atoms with van der Waals surface area (Å²) in [5, 5.41) is 3.79. The van der Waals surface area contributed by atoms with Gasteiger partial charge in [-0.15, -0.1) is 0 Å². The second-order valence-corrected chi connectivity index (χ2v) is 4.81. The molecule has 0 aromatic carbocycles. The molecule has 1 fully saturated rings. The number of hydrogen-bond donors (Lipinski definition) is 0. The topological polar surface area (TPSA) is 49.6 Å². The molecule has 1 aliphatic rings. The molecule has 2 heterocycles. The molecule has 1 saturated heterocycles. The Hall–Kier alpha value is -1.36. The van der Waals surface area contributed by atoms with Crippen LogP contribution in [0.2, 0.25) is 0 Å². The number of nitrogens with zero attached hydrogens (tertiary/aromatic N) is 3. The molecule has 0 saturated carbocycles. The van der Waals surface area contributed by atoms with Gasteiger partial charge < -0.3 is 14.3 Å². The van der Waals surface area contributed by atoms with Crippen molar-refractivity contribution in [2.45, 2.75) is 40.2 Å². The Kier molecular flexibility index (Phi) is 6.02. The monoisotopic (exact) mass is 267 g/mol. The molecule has 1 aromatic rings. The third kappa shape index (κ3) is 4.35. The van der Waals surface area contributed by atoms with Crippen molar-refractivity contribution < 1.29 is 9.32 Å². The number of carbonyl (C=O) groups is 1. The fourth-order valence-corrected chi connectivity index (χ4v) is 2.26. The zero-order valence-electron chi connectivity index (χ0n) is 12.6. The van der Waals surface area contributed by atoms with Crippen LogP contribution in [-0.2, 0) is 11.2 Å². The van der Waals surface area contributed by atoms with E-state index >= 15 is 0 Å². The van der Waals surface area contributed by atoms with Gasteiger partial charge >= 0.3 is 0 Å². The molecular weight excluding hydrogens is 242 g/mol. The maximum atomic E-state index is 12.1. The maximum absolute atomic E-state index is 12.1. The molecule has 1 aliphatic heterocycles. The number of piperazine rings is 1. The molecule has 1 aromatic heterocycles. The Bertz CT molecular complexity index is 403. The van der Waals surface area contributed by atoms with E-state index in [1.54, 1.807) is 0 Å². The van der Waals surface area contributed by atoms with Gasteiger partial charge in [0.05, 0.1) is 12.1 Å². The standard InChI is InChI=1S/C12H19N3O2.C2H6/c1-9-6-11(17-13-9)7-12(16)15-5-4-14(3)8-10(15)2;1-2/h6,10H,4-5,7-8H2,1-3H3;1-2H3. The van der Waals surface area contributed by atoms with Crippen LogP contribution in [0.1, 0.15) is 32.2 Å². The highest BCUT2D eigenvalue weighted by Gasteiger charge is 2.26. The lowest BCUT2D eigenvalue weighted by Gasteiger charge is -2.38. The van der Waals surface area contributed by atoms with Gasteiger partial charge in [-0.05, 0) is 20.9 Å². The first-order valence-corrected chi connectivity index (χ1v) is 6.96. The summed E-state index contributed by atoms with van der Waals surface area (Å²) in [6, 6.07) is 2.09. The average molecular weight is 267 g/mol. The molecule has 0 aliphatic carbocycles. The molecule has 0 bridgehead atoms. The van der Waals surface area contributed by atoms with E-state index < -0.39 is 0 Å². The van der Waals surface area contributed by atoms with E-state index in [4.69, 9.17) is 4.52 Å². The third-order valence-electron chi connectivity index (χ3n) is 3.15. The minimum atomic E-state index is 0.127. The highest BCUT2D eigenvalue weighted by molar-refractivity contribution is 5.78. The zero-order chi connectivity index (χ0) is 14.4. The predicted octanol–water partition coefficient (Wildman–Crippen LogP) is 1.71. The molecule has 1 unspecified atom stereocenters. The van der Waals surface area contributed by atoms with E-state index in [2.05, 4.69) is 24.0 Å². The lowest BCUT2D eigenvalue weighted by atomic mass is 10.1. The summed E-state index contributed by atoms with van der Waals surface area (Å²) in [5.74, 6) is 0.778. The predicted molar refractivity (Wildman–Crippen MR) is 75.0 cm³/mol. The summed E-state index contributed by atoms with van der Waals surface area (Å²) in [6.07, 6.45) is 0.314. The highest BCUT2D eigenvalue weighted by atomic mass is 16.5. The van der Waals surface area contributed by atoms with Crippen LogP contribution in [-0.4, -0.2) is 53.6 Å². The lowest BCUT2D eigenvalue weighted by Crippen LogP contribution is -2.53. The number of likely N-dealkylation sites (N-methyl/N-ethyl adjacent to an activating group) is 1. The molecule has 1 amide bonds. The molecule has 108 valence electrons. The second-order valence-electron chi connectivity index (χ2n) is 4.81. The van der Waals surface area contributed by atoms with E-state index in [0.717, 1.165) is 25.3 Å². The largest absolute Gasteiger partial charge is 0.361 e. The smallest absolute Gasteiger partial charge is 0.230 e. The number of rotatable bonds is 2. The normalized spacial score (nSPS) is 19.8. The first-order valence-electron chi connectivity index (χ1n) is 6.96. The Morgan fingerprint density at radius 3 is 2.68 bits per heavy atom. The van der Waals surface area contributed by atoms with E-state index in [1.807, 2.05) is 31.7 Å². The van der Waals surface area contributed by atoms with Crippen LogP contribution in [0.3, 0.4) is 0 Å². The number of hydrogen-bond acceptors (Lipinski definition) is 4. The van der Waals surface area contributed by atoms with Crippen LogP contribution >= 0.6 is 0 Å². The summed E-state index contributed by atoms with van der Waals surface area (Å²) in [6.45, 7) is 10.6. The van der Waals surface area contributed by atoms with Gasteiger partial charge in [0.1, 0.15) is 5.76 Å².